The molecule has 4 nitrogen and oxygen atoms in total. The largest absolute Gasteiger partial charge is 0.496 e. The van der Waals surface area contributed by atoms with Gasteiger partial charge in [-0.3, -0.25) is 4.79 Å². The number of nitrogens with one attached hydrogen (secondary N) is 1. The van der Waals surface area contributed by atoms with Crippen LogP contribution in [0.2, 0.25) is 0 Å². The average molecular weight is 248 g/mol. The molecule has 1 aromatic heterocycles. The summed E-state index contributed by atoms with van der Waals surface area (Å²) in [6.45, 7) is 0. The van der Waals surface area contributed by atoms with Gasteiger partial charge in [0.05, 0.1) is 12.8 Å². The van der Waals surface area contributed by atoms with E-state index < -0.39 is 0 Å². The quantitative estimate of drug-likeness (QED) is 0.820. The van der Waals surface area contributed by atoms with Gasteiger partial charge in [-0.2, -0.15) is 11.3 Å². The number of carbonyl (C=O) groups is 1. The van der Waals surface area contributed by atoms with Crippen molar-refractivity contribution in [2.45, 2.75) is 0 Å². The molecule has 3 N–H and O–H groups in total. The number of benzene rings is 1. The van der Waals surface area contributed by atoms with Crippen LogP contribution in [0.4, 0.5) is 11.4 Å². The molecule has 0 spiro atoms. The third kappa shape index (κ3) is 2.39. The zero-order valence-corrected chi connectivity index (χ0v) is 10.1. The van der Waals surface area contributed by atoms with Gasteiger partial charge in [0.15, 0.2) is 0 Å². The van der Waals surface area contributed by atoms with Crippen LogP contribution < -0.4 is 15.8 Å². The smallest absolute Gasteiger partial charge is 0.261 e. The van der Waals surface area contributed by atoms with Crippen LogP contribution >= 0.6 is 11.3 Å². The molecule has 0 saturated carbocycles. The first-order valence-corrected chi connectivity index (χ1v) is 5.92. The van der Waals surface area contributed by atoms with E-state index in [4.69, 9.17) is 10.5 Å². The molecular formula is C12H12N2O2S. The van der Waals surface area contributed by atoms with Crippen molar-refractivity contribution in [2.75, 3.05) is 18.2 Å². The highest BCUT2D eigenvalue weighted by atomic mass is 32.1. The van der Waals surface area contributed by atoms with Crippen molar-refractivity contribution in [3.8, 4) is 5.75 Å². The highest BCUT2D eigenvalue weighted by molar-refractivity contribution is 7.08. The van der Waals surface area contributed by atoms with E-state index in [9.17, 15) is 4.79 Å². The van der Waals surface area contributed by atoms with Crippen molar-refractivity contribution in [1.82, 2.24) is 0 Å². The van der Waals surface area contributed by atoms with Gasteiger partial charge in [0.1, 0.15) is 11.3 Å². The number of thiophene rings is 1. The van der Waals surface area contributed by atoms with Crippen LogP contribution in [0.3, 0.4) is 0 Å². The lowest BCUT2D eigenvalue weighted by molar-refractivity contribution is 0.102. The Bertz CT molecular complexity index is 523. The Labute approximate surface area is 103 Å². The number of amides is 1. The maximum Gasteiger partial charge on any atom is 0.261 e. The maximum atomic E-state index is 12.0. The minimum absolute atomic E-state index is 0.265. The van der Waals surface area contributed by atoms with E-state index in [0.29, 0.717) is 17.0 Å². The van der Waals surface area contributed by atoms with E-state index in [1.165, 1.54) is 18.4 Å². The Balaban J connectivity index is 2.30. The normalized spacial score (nSPS) is 9.94. The molecule has 0 unspecified atom stereocenters. The number of hydrogen-bond acceptors (Lipinski definition) is 4. The second kappa shape index (κ2) is 4.88. The molecular weight excluding hydrogens is 236 g/mol. The summed E-state index contributed by atoms with van der Waals surface area (Å²) >= 11 is 1.51. The Hall–Kier alpha value is -2.01. The number of methoxy groups -OCH3 is 1. The maximum absolute atomic E-state index is 12.0. The third-order valence-electron chi connectivity index (χ3n) is 2.28. The molecule has 0 aliphatic rings. The number of anilines is 2. The van der Waals surface area contributed by atoms with E-state index in [0.717, 1.165) is 5.69 Å². The Morgan fingerprint density at radius 1 is 1.41 bits per heavy atom. The molecule has 5 heteroatoms. The highest BCUT2D eigenvalue weighted by Gasteiger charge is 2.15. The minimum atomic E-state index is -0.265. The molecule has 2 aromatic rings. The zero-order chi connectivity index (χ0) is 12.3. The van der Waals surface area contributed by atoms with Crippen molar-refractivity contribution >= 4 is 28.6 Å². The molecule has 0 radical (unpaired) electrons. The molecule has 88 valence electrons. The Morgan fingerprint density at radius 2 is 2.24 bits per heavy atom. The van der Waals surface area contributed by atoms with Crippen LogP contribution in [0.5, 0.6) is 5.75 Å². The van der Waals surface area contributed by atoms with Crippen LogP contribution in [0.15, 0.2) is 35.0 Å². The van der Waals surface area contributed by atoms with Gasteiger partial charge in [0.2, 0.25) is 0 Å². The summed E-state index contributed by atoms with van der Waals surface area (Å²) in [6.07, 6.45) is 0. The lowest BCUT2D eigenvalue weighted by Gasteiger charge is -2.10. The van der Waals surface area contributed by atoms with Gasteiger partial charge >= 0.3 is 0 Å². The predicted octanol–water partition coefficient (Wildman–Crippen LogP) is 2.59. The van der Waals surface area contributed by atoms with Gasteiger partial charge in [0.25, 0.3) is 5.91 Å². The van der Waals surface area contributed by atoms with Crippen LogP contribution in [0.25, 0.3) is 0 Å². The fraction of sp³-hybridized carbons (Fsp3) is 0.0833. The first kappa shape index (κ1) is 11.5. The minimum Gasteiger partial charge on any atom is -0.496 e. The molecule has 2 rings (SSSR count). The van der Waals surface area contributed by atoms with E-state index in [-0.39, 0.29) is 5.91 Å². The average Bonchev–Trinajstić information content (AvgIpc) is 2.81. The van der Waals surface area contributed by atoms with Crippen molar-refractivity contribution in [3.63, 3.8) is 0 Å². The highest BCUT2D eigenvalue weighted by Crippen LogP contribution is 2.25. The standard InChI is InChI=1S/C12H12N2O2S/c1-16-10-4-2-3-9(13)11(10)12(15)14-8-5-6-17-7-8/h2-7H,13H2,1H3,(H,14,15). The van der Waals surface area contributed by atoms with E-state index in [2.05, 4.69) is 5.32 Å². The van der Waals surface area contributed by atoms with Crippen LogP contribution in [0.1, 0.15) is 10.4 Å². The summed E-state index contributed by atoms with van der Waals surface area (Å²) in [6, 6.07) is 6.95. The summed E-state index contributed by atoms with van der Waals surface area (Å²) in [5, 5.41) is 6.51. The lowest BCUT2D eigenvalue weighted by Crippen LogP contribution is -2.14. The molecule has 0 fully saturated rings. The fourth-order valence-corrected chi connectivity index (χ4v) is 2.08. The molecule has 17 heavy (non-hydrogen) atoms. The molecule has 0 saturated heterocycles. The van der Waals surface area contributed by atoms with E-state index in [1.807, 2.05) is 16.8 Å². The van der Waals surface area contributed by atoms with Crippen molar-refractivity contribution < 1.29 is 9.53 Å². The first-order valence-electron chi connectivity index (χ1n) is 4.98. The summed E-state index contributed by atoms with van der Waals surface area (Å²) in [4.78, 5) is 12.0. The number of hydrogen-bond donors (Lipinski definition) is 2. The van der Waals surface area contributed by atoms with E-state index in [1.54, 1.807) is 18.2 Å². The van der Waals surface area contributed by atoms with Gasteiger partial charge in [-0.1, -0.05) is 6.07 Å². The van der Waals surface area contributed by atoms with Crippen LogP contribution in [-0.4, -0.2) is 13.0 Å². The number of ether oxygens (including phenoxy) is 1. The number of carbonyl (C=O) groups excluding carboxylic acids is 1. The molecule has 0 atom stereocenters. The molecule has 0 bridgehead atoms. The lowest BCUT2D eigenvalue weighted by atomic mass is 10.1. The Kier molecular flexibility index (Phi) is 3.30. The number of nitrogen functional groups attached to an aromatic ring is 1. The van der Waals surface area contributed by atoms with Crippen molar-refractivity contribution in [2.24, 2.45) is 0 Å². The molecule has 0 aliphatic carbocycles. The van der Waals surface area contributed by atoms with Crippen LogP contribution in [-0.2, 0) is 0 Å². The van der Waals surface area contributed by atoms with Crippen LogP contribution in [0, 0.1) is 0 Å². The monoisotopic (exact) mass is 248 g/mol. The second-order valence-corrected chi connectivity index (χ2v) is 4.17. The molecule has 1 amide bonds. The van der Waals surface area contributed by atoms with Crippen molar-refractivity contribution in [3.05, 3.63) is 40.6 Å². The summed E-state index contributed by atoms with van der Waals surface area (Å²) in [7, 11) is 1.51. The SMILES string of the molecule is COc1cccc(N)c1C(=O)Nc1ccsc1. The predicted molar refractivity (Wildman–Crippen MR) is 69.7 cm³/mol. The Morgan fingerprint density at radius 3 is 2.88 bits per heavy atom. The summed E-state index contributed by atoms with van der Waals surface area (Å²) < 4.78 is 5.13. The van der Waals surface area contributed by atoms with E-state index >= 15 is 0 Å². The number of nitrogens with two attached hydrogens (primary N) is 1. The topological polar surface area (TPSA) is 64.3 Å². The molecule has 1 heterocycles. The van der Waals surface area contributed by atoms with Gasteiger partial charge in [0, 0.05) is 11.1 Å². The first-order chi connectivity index (χ1) is 8.22. The van der Waals surface area contributed by atoms with Gasteiger partial charge in [-0.05, 0) is 23.6 Å². The fourth-order valence-electron chi connectivity index (χ4n) is 1.49. The summed E-state index contributed by atoms with van der Waals surface area (Å²) in [5.74, 6) is 0.205. The van der Waals surface area contributed by atoms with Gasteiger partial charge in [-0.25, -0.2) is 0 Å². The summed E-state index contributed by atoms with van der Waals surface area (Å²) in [5.41, 5.74) is 7.31. The molecule has 0 aliphatic heterocycles. The zero-order valence-electron chi connectivity index (χ0n) is 9.27. The molecule has 1 aromatic carbocycles. The second-order valence-electron chi connectivity index (χ2n) is 3.39. The van der Waals surface area contributed by atoms with Crippen molar-refractivity contribution in [1.29, 1.82) is 0 Å². The third-order valence-corrected chi connectivity index (χ3v) is 2.97. The number of rotatable bonds is 3. The van der Waals surface area contributed by atoms with Gasteiger partial charge < -0.3 is 15.8 Å². The van der Waals surface area contributed by atoms with Gasteiger partial charge in [-0.15, -0.1) is 0 Å².